The first-order valence-corrected chi connectivity index (χ1v) is 5.94. The van der Waals surface area contributed by atoms with E-state index in [0.717, 1.165) is 24.0 Å². The standard InChI is InChI=1S/C18H14/c1-3-15-9-5-7-11-17(15)13-14-18-12-8-6-10-16(18)4-2/h1-2,5-12H,13-14H2. The van der Waals surface area contributed by atoms with Crippen LogP contribution in [0.5, 0.6) is 0 Å². The monoisotopic (exact) mass is 230 g/mol. The highest BCUT2D eigenvalue weighted by molar-refractivity contribution is 5.42. The van der Waals surface area contributed by atoms with E-state index in [4.69, 9.17) is 12.8 Å². The van der Waals surface area contributed by atoms with Crippen molar-refractivity contribution >= 4 is 0 Å². The van der Waals surface area contributed by atoms with Gasteiger partial charge in [0.05, 0.1) is 0 Å². The quantitative estimate of drug-likeness (QED) is 0.709. The Morgan fingerprint density at radius 1 is 0.667 bits per heavy atom. The third-order valence-electron chi connectivity index (χ3n) is 3.01. The Bertz CT molecular complexity index is 563. The molecular weight excluding hydrogens is 216 g/mol. The fraction of sp³-hybridized carbons (Fsp3) is 0.111. The van der Waals surface area contributed by atoms with Crippen LogP contribution >= 0.6 is 0 Å². The zero-order chi connectivity index (χ0) is 12.8. The molecule has 0 saturated heterocycles. The molecule has 0 N–H and O–H groups in total. The fourth-order valence-corrected chi connectivity index (χ4v) is 2.03. The van der Waals surface area contributed by atoms with Gasteiger partial charge in [0.15, 0.2) is 0 Å². The Morgan fingerprint density at radius 3 is 1.44 bits per heavy atom. The van der Waals surface area contributed by atoms with Gasteiger partial charge in [0.25, 0.3) is 0 Å². The van der Waals surface area contributed by atoms with Crippen LogP contribution in [0.25, 0.3) is 0 Å². The van der Waals surface area contributed by atoms with E-state index in [9.17, 15) is 0 Å². The van der Waals surface area contributed by atoms with Crippen LogP contribution in [0.2, 0.25) is 0 Å². The molecule has 0 aromatic heterocycles. The lowest BCUT2D eigenvalue weighted by atomic mass is 9.97. The van der Waals surface area contributed by atoms with E-state index in [2.05, 4.69) is 24.0 Å². The van der Waals surface area contributed by atoms with Crippen LogP contribution in [0.3, 0.4) is 0 Å². The first kappa shape index (κ1) is 12.0. The van der Waals surface area contributed by atoms with Crippen LogP contribution in [0.4, 0.5) is 0 Å². The van der Waals surface area contributed by atoms with Gasteiger partial charge >= 0.3 is 0 Å². The Morgan fingerprint density at radius 2 is 1.06 bits per heavy atom. The number of hydrogen-bond acceptors (Lipinski definition) is 0. The van der Waals surface area contributed by atoms with Crippen LogP contribution in [-0.2, 0) is 12.8 Å². The SMILES string of the molecule is C#Cc1ccccc1CCc1ccccc1C#C. The average Bonchev–Trinajstić information content (AvgIpc) is 2.45. The molecule has 0 nitrogen and oxygen atoms in total. The van der Waals surface area contributed by atoms with Gasteiger partial charge in [0.1, 0.15) is 0 Å². The van der Waals surface area contributed by atoms with Gasteiger partial charge in [-0.05, 0) is 36.1 Å². The maximum Gasteiger partial charge on any atom is 0.0274 e. The first-order chi connectivity index (χ1) is 8.85. The molecule has 0 radical (unpaired) electrons. The third kappa shape index (κ3) is 2.62. The van der Waals surface area contributed by atoms with Crippen LogP contribution in [0, 0.1) is 24.7 Å². The molecule has 0 spiro atoms. The summed E-state index contributed by atoms with van der Waals surface area (Å²) in [4.78, 5) is 0. The summed E-state index contributed by atoms with van der Waals surface area (Å²) in [6.07, 6.45) is 12.8. The lowest BCUT2D eigenvalue weighted by molar-refractivity contribution is 0.953. The van der Waals surface area contributed by atoms with Gasteiger partial charge in [0.2, 0.25) is 0 Å². The Kier molecular flexibility index (Phi) is 3.85. The molecule has 0 atom stereocenters. The molecule has 0 aliphatic heterocycles. The number of benzene rings is 2. The van der Waals surface area contributed by atoms with Crippen molar-refractivity contribution in [1.29, 1.82) is 0 Å². The van der Waals surface area contributed by atoms with Crippen molar-refractivity contribution in [3.8, 4) is 24.7 Å². The Balaban J connectivity index is 2.18. The Hall–Kier alpha value is -2.44. The fourth-order valence-electron chi connectivity index (χ4n) is 2.03. The molecule has 0 heteroatoms. The smallest absolute Gasteiger partial charge is 0.0274 e. The van der Waals surface area contributed by atoms with Crippen LogP contribution < -0.4 is 0 Å². The molecule has 2 aromatic rings. The van der Waals surface area contributed by atoms with Crippen molar-refractivity contribution in [3.05, 3.63) is 70.8 Å². The van der Waals surface area contributed by atoms with Gasteiger partial charge in [-0.15, -0.1) is 12.8 Å². The van der Waals surface area contributed by atoms with E-state index in [0.29, 0.717) is 0 Å². The summed E-state index contributed by atoms with van der Waals surface area (Å²) >= 11 is 0. The Labute approximate surface area is 109 Å². The summed E-state index contributed by atoms with van der Waals surface area (Å²) in [5.41, 5.74) is 4.34. The zero-order valence-electron chi connectivity index (χ0n) is 10.2. The van der Waals surface area contributed by atoms with Crippen LogP contribution in [0.1, 0.15) is 22.3 Å². The van der Waals surface area contributed by atoms with Crippen molar-refractivity contribution in [1.82, 2.24) is 0 Å². The first-order valence-electron chi connectivity index (χ1n) is 5.94. The maximum absolute atomic E-state index is 5.49. The predicted octanol–water partition coefficient (Wildman–Crippen LogP) is 3.43. The van der Waals surface area contributed by atoms with Crippen molar-refractivity contribution in [2.75, 3.05) is 0 Å². The lowest BCUT2D eigenvalue weighted by Crippen LogP contribution is -1.96. The maximum atomic E-state index is 5.49. The number of aryl methyl sites for hydroxylation is 2. The van der Waals surface area contributed by atoms with Crippen molar-refractivity contribution < 1.29 is 0 Å². The minimum absolute atomic E-state index is 0.916. The van der Waals surface area contributed by atoms with Crippen LogP contribution in [-0.4, -0.2) is 0 Å². The minimum atomic E-state index is 0.916. The highest BCUT2D eigenvalue weighted by atomic mass is 14.1. The van der Waals surface area contributed by atoms with E-state index >= 15 is 0 Å². The second-order valence-electron chi connectivity index (χ2n) is 4.10. The zero-order valence-corrected chi connectivity index (χ0v) is 10.2. The summed E-state index contributed by atoms with van der Waals surface area (Å²) in [6, 6.07) is 16.1. The van der Waals surface area contributed by atoms with Gasteiger partial charge in [-0.2, -0.15) is 0 Å². The number of rotatable bonds is 3. The molecular formula is C18H14. The molecule has 0 amide bonds. The predicted molar refractivity (Wildman–Crippen MR) is 76.2 cm³/mol. The normalized spacial score (nSPS) is 9.44. The second kappa shape index (κ2) is 5.76. The molecule has 0 bridgehead atoms. The van der Waals surface area contributed by atoms with E-state index in [1.807, 2.05) is 36.4 Å². The van der Waals surface area contributed by atoms with E-state index < -0.39 is 0 Å². The summed E-state index contributed by atoms with van der Waals surface area (Å²) in [5, 5.41) is 0. The third-order valence-corrected chi connectivity index (χ3v) is 3.01. The molecule has 0 heterocycles. The second-order valence-corrected chi connectivity index (χ2v) is 4.10. The van der Waals surface area contributed by atoms with E-state index in [1.54, 1.807) is 0 Å². The molecule has 0 saturated carbocycles. The van der Waals surface area contributed by atoms with Crippen molar-refractivity contribution in [3.63, 3.8) is 0 Å². The summed E-state index contributed by atoms with van der Waals surface area (Å²) < 4.78 is 0. The number of hydrogen-bond donors (Lipinski definition) is 0. The highest BCUT2D eigenvalue weighted by Crippen LogP contribution is 2.14. The van der Waals surface area contributed by atoms with Gasteiger partial charge in [0, 0.05) is 11.1 Å². The summed E-state index contributed by atoms with van der Waals surface area (Å²) in [6.45, 7) is 0. The van der Waals surface area contributed by atoms with Crippen molar-refractivity contribution in [2.24, 2.45) is 0 Å². The van der Waals surface area contributed by atoms with E-state index in [1.165, 1.54) is 11.1 Å². The minimum Gasteiger partial charge on any atom is -0.115 e. The lowest BCUT2D eigenvalue weighted by Gasteiger charge is -2.06. The molecule has 2 rings (SSSR count). The molecule has 0 aliphatic rings. The number of terminal acetylenes is 2. The topological polar surface area (TPSA) is 0 Å². The van der Waals surface area contributed by atoms with Crippen LogP contribution in [0.15, 0.2) is 48.5 Å². The molecule has 18 heavy (non-hydrogen) atoms. The molecule has 0 aliphatic carbocycles. The molecule has 0 fully saturated rings. The van der Waals surface area contributed by atoms with Gasteiger partial charge in [-0.25, -0.2) is 0 Å². The highest BCUT2D eigenvalue weighted by Gasteiger charge is 2.02. The average molecular weight is 230 g/mol. The molecule has 2 aromatic carbocycles. The van der Waals surface area contributed by atoms with Gasteiger partial charge < -0.3 is 0 Å². The molecule has 0 unspecified atom stereocenters. The van der Waals surface area contributed by atoms with Gasteiger partial charge in [-0.3, -0.25) is 0 Å². The largest absolute Gasteiger partial charge is 0.115 e. The van der Waals surface area contributed by atoms with E-state index in [-0.39, 0.29) is 0 Å². The summed E-state index contributed by atoms with van der Waals surface area (Å²) in [7, 11) is 0. The molecule has 86 valence electrons. The van der Waals surface area contributed by atoms with Crippen molar-refractivity contribution in [2.45, 2.75) is 12.8 Å². The van der Waals surface area contributed by atoms with Gasteiger partial charge in [-0.1, -0.05) is 48.2 Å². The summed E-state index contributed by atoms with van der Waals surface area (Å²) in [5.74, 6) is 5.44.